The summed E-state index contributed by atoms with van der Waals surface area (Å²) in [6, 6.07) is 21.2. The molecule has 0 unspecified atom stereocenters. The van der Waals surface area contributed by atoms with Crippen molar-refractivity contribution in [3.8, 4) is 11.3 Å². The first-order valence-corrected chi connectivity index (χ1v) is 13.0. The molecule has 7 rings (SSSR count). The predicted molar refractivity (Wildman–Crippen MR) is 156 cm³/mol. The van der Waals surface area contributed by atoms with Crippen LogP contribution in [-0.4, -0.2) is 4.98 Å². The molecule has 1 aliphatic carbocycles. The third-order valence-corrected chi connectivity index (χ3v) is 8.25. The normalized spacial score (nSPS) is 20.6. The lowest BCUT2D eigenvalue weighted by atomic mass is 9.71. The number of benzene rings is 4. The number of furan rings is 1. The van der Waals surface area contributed by atoms with Crippen LogP contribution in [-0.2, 0) is 0 Å². The highest BCUT2D eigenvalue weighted by Crippen LogP contribution is 2.45. The van der Waals surface area contributed by atoms with Crippen LogP contribution >= 0.6 is 0 Å². The number of pyridine rings is 1. The van der Waals surface area contributed by atoms with Gasteiger partial charge in [0.25, 0.3) is 0 Å². The smallest absolute Gasteiger partial charge is 0.145 e. The lowest BCUT2D eigenvalue weighted by Crippen LogP contribution is -2.20. The Balaban J connectivity index is 1.50. The Morgan fingerprint density at radius 2 is 1.68 bits per heavy atom. The highest BCUT2D eigenvalue weighted by atomic mass is 16.3. The molecule has 0 amide bonds. The maximum absolute atomic E-state index is 9.46. The van der Waals surface area contributed by atoms with E-state index in [0.717, 1.165) is 34.4 Å². The average molecular weight is 491 g/mol. The van der Waals surface area contributed by atoms with Gasteiger partial charge in [-0.2, -0.15) is 0 Å². The van der Waals surface area contributed by atoms with Gasteiger partial charge in [0.15, 0.2) is 0 Å². The summed E-state index contributed by atoms with van der Waals surface area (Å²) in [5.41, 5.74) is 2.80. The van der Waals surface area contributed by atoms with Crippen LogP contribution in [0.1, 0.15) is 71.7 Å². The zero-order valence-corrected chi connectivity index (χ0v) is 21.1. The molecule has 2 heteroatoms. The molecule has 0 spiro atoms. The van der Waals surface area contributed by atoms with Gasteiger partial charge in [-0.05, 0) is 113 Å². The maximum atomic E-state index is 9.46. The Morgan fingerprint density at radius 3 is 2.51 bits per heavy atom. The van der Waals surface area contributed by atoms with E-state index in [0.29, 0.717) is 51.6 Å². The van der Waals surface area contributed by atoms with E-state index in [1.807, 2.05) is 30.3 Å². The van der Waals surface area contributed by atoms with E-state index in [1.54, 1.807) is 18.2 Å². The molecular formula is C35H33NO. The van der Waals surface area contributed by atoms with Crippen LogP contribution < -0.4 is 0 Å². The Labute approximate surface area is 228 Å². The quantitative estimate of drug-likeness (QED) is 0.226. The van der Waals surface area contributed by atoms with Crippen molar-refractivity contribution in [2.45, 2.75) is 59.1 Å². The molecule has 0 N–H and O–H groups in total. The fourth-order valence-corrected chi connectivity index (χ4v) is 5.98. The van der Waals surface area contributed by atoms with Gasteiger partial charge in [0.05, 0.1) is 5.69 Å². The first kappa shape index (κ1) is 16.2. The van der Waals surface area contributed by atoms with Crippen molar-refractivity contribution in [1.82, 2.24) is 4.98 Å². The standard InChI is InChI=1S/C35H33NO/c1-21-9-12-27(31-18-28(22(2)20-36-31)24-13-15-35(3,4)16-14-24)34-33(21)30-17-25-11-10-23-7-5-6-8-26(23)29(25)19-32(30)37-34/h5-12,17-20,24H,13-16H2,1-4H3/i1D3,2D3,24D. The number of hydrogen-bond donors (Lipinski definition) is 0. The minimum absolute atomic E-state index is 0.0917. The number of rotatable bonds is 2. The fourth-order valence-electron chi connectivity index (χ4n) is 5.98. The molecule has 0 aliphatic heterocycles. The number of aryl methyl sites for hydroxylation is 2. The summed E-state index contributed by atoms with van der Waals surface area (Å²) in [6.07, 6.45) is 4.10. The Hall–Kier alpha value is -3.65. The first-order chi connectivity index (χ1) is 20.6. The summed E-state index contributed by atoms with van der Waals surface area (Å²) < 4.78 is 65.6. The Morgan fingerprint density at radius 1 is 0.865 bits per heavy atom. The van der Waals surface area contributed by atoms with E-state index in [9.17, 15) is 1.37 Å². The molecule has 0 saturated heterocycles. The highest BCUT2D eigenvalue weighted by molar-refractivity contribution is 6.18. The zero-order valence-electron chi connectivity index (χ0n) is 28.1. The molecular weight excluding hydrogens is 450 g/mol. The molecule has 1 fully saturated rings. The number of aromatic nitrogens is 1. The van der Waals surface area contributed by atoms with Crippen LogP contribution in [0.25, 0.3) is 54.7 Å². The van der Waals surface area contributed by atoms with Crippen LogP contribution in [0.3, 0.4) is 0 Å². The summed E-state index contributed by atoms with van der Waals surface area (Å²) in [5.74, 6) is -1.07. The molecule has 2 nitrogen and oxygen atoms in total. The van der Waals surface area contributed by atoms with Crippen molar-refractivity contribution in [1.29, 1.82) is 0 Å². The molecule has 37 heavy (non-hydrogen) atoms. The topological polar surface area (TPSA) is 26.0 Å². The van der Waals surface area contributed by atoms with Crippen LogP contribution in [0, 0.1) is 19.1 Å². The summed E-state index contributed by atoms with van der Waals surface area (Å²) in [7, 11) is 0. The van der Waals surface area contributed by atoms with Crippen LogP contribution in [0.15, 0.2) is 77.3 Å². The van der Waals surface area contributed by atoms with Crippen molar-refractivity contribution < 1.29 is 14.0 Å². The lowest BCUT2D eigenvalue weighted by Gasteiger charge is -2.35. The van der Waals surface area contributed by atoms with Crippen molar-refractivity contribution >= 4 is 43.5 Å². The van der Waals surface area contributed by atoms with E-state index < -0.39 is 19.6 Å². The molecule has 2 aromatic heterocycles. The van der Waals surface area contributed by atoms with Gasteiger partial charge in [0, 0.05) is 32.1 Å². The second-order valence-electron chi connectivity index (χ2n) is 11.2. The molecule has 0 atom stereocenters. The van der Waals surface area contributed by atoms with Gasteiger partial charge in [-0.25, -0.2) is 0 Å². The van der Waals surface area contributed by atoms with Gasteiger partial charge in [0.2, 0.25) is 0 Å². The number of hydrogen-bond acceptors (Lipinski definition) is 2. The van der Waals surface area contributed by atoms with Gasteiger partial charge in [-0.15, -0.1) is 0 Å². The summed E-state index contributed by atoms with van der Waals surface area (Å²) in [6.45, 7) is -0.446. The van der Waals surface area contributed by atoms with Crippen molar-refractivity contribution in [2.24, 2.45) is 5.41 Å². The third kappa shape index (κ3) is 3.65. The van der Waals surface area contributed by atoms with E-state index in [4.69, 9.17) is 12.6 Å². The monoisotopic (exact) mass is 490 g/mol. The van der Waals surface area contributed by atoms with Crippen LogP contribution in [0.4, 0.5) is 0 Å². The summed E-state index contributed by atoms with van der Waals surface area (Å²) >= 11 is 0. The minimum atomic E-state index is -2.43. The number of nitrogens with zero attached hydrogens (tertiary/aromatic N) is 1. The number of fused-ring (bicyclic) bond motifs is 6. The van der Waals surface area contributed by atoms with E-state index >= 15 is 0 Å². The summed E-state index contributed by atoms with van der Waals surface area (Å²) in [5, 5.41) is 5.34. The van der Waals surface area contributed by atoms with Gasteiger partial charge in [-0.3, -0.25) is 4.98 Å². The molecule has 4 aromatic carbocycles. The second-order valence-corrected chi connectivity index (χ2v) is 11.2. The zero-order chi connectivity index (χ0) is 31.2. The third-order valence-electron chi connectivity index (χ3n) is 8.25. The van der Waals surface area contributed by atoms with E-state index in [1.165, 1.54) is 6.20 Å². The van der Waals surface area contributed by atoms with Gasteiger partial charge >= 0.3 is 0 Å². The first-order valence-electron chi connectivity index (χ1n) is 16.5. The van der Waals surface area contributed by atoms with Crippen molar-refractivity contribution in [3.05, 3.63) is 89.6 Å². The van der Waals surface area contributed by atoms with Gasteiger partial charge < -0.3 is 4.42 Å². The SMILES string of the molecule is [2H]C([2H])([2H])c1cnc(-c2ccc(C([2H])([2H])[2H])c3c2oc2cc4c(ccc5ccccc54)cc23)cc1C1([2H])CCC(C)(C)CC1. The highest BCUT2D eigenvalue weighted by Gasteiger charge is 2.29. The Kier molecular flexibility index (Phi) is 3.59. The molecule has 1 saturated carbocycles. The minimum Gasteiger partial charge on any atom is -0.455 e. The second kappa shape index (κ2) is 8.18. The summed E-state index contributed by atoms with van der Waals surface area (Å²) in [4.78, 5) is 4.59. The average Bonchev–Trinajstić information content (AvgIpc) is 3.34. The van der Waals surface area contributed by atoms with Crippen molar-refractivity contribution in [3.63, 3.8) is 0 Å². The van der Waals surface area contributed by atoms with Gasteiger partial charge in [-0.1, -0.05) is 56.3 Å². The predicted octanol–water partition coefficient (Wildman–Crippen LogP) is 10.3. The lowest BCUT2D eigenvalue weighted by molar-refractivity contribution is 0.224. The van der Waals surface area contributed by atoms with E-state index in [2.05, 4.69) is 37.0 Å². The fraction of sp³-hybridized carbons (Fsp3) is 0.286. The molecule has 0 radical (unpaired) electrons. The van der Waals surface area contributed by atoms with Gasteiger partial charge in [0.1, 0.15) is 11.2 Å². The van der Waals surface area contributed by atoms with Crippen LogP contribution in [0.2, 0.25) is 0 Å². The molecule has 6 aromatic rings. The molecule has 2 heterocycles. The Bertz CT molecular complexity index is 2090. The molecule has 1 aliphatic rings. The maximum Gasteiger partial charge on any atom is 0.145 e. The van der Waals surface area contributed by atoms with Crippen molar-refractivity contribution in [2.75, 3.05) is 0 Å². The molecule has 0 bridgehead atoms. The van der Waals surface area contributed by atoms with Crippen LogP contribution in [0.5, 0.6) is 0 Å². The molecule has 184 valence electrons. The van der Waals surface area contributed by atoms with E-state index in [-0.39, 0.29) is 16.5 Å². The largest absolute Gasteiger partial charge is 0.455 e.